The molecule has 1 N–H and O–H groups in total. The largest absolute Gasteiger partial charge is 0.457 e. The summed E-state index contributed by atoms with van der Waals surface area (Å²) in [5.41, 5.74) is -5.93. The van der Waals surface area contributed by atoms with Gasteiger partial charge in [-0.3, -0.25) is 14.4 Å². The van der Waals surface area contributed by atoms with Crippen LogP contribution in [0.2, 0.25) is 0 Å². The molecule has 0 aromatic carbocycles. The molecule has 0 aromatic heterocycles. The zero-order valence-corrected chi connectivity index (χ0v) is 32.1. The quantitative estimate of drug-likeness (QED) is 0.154. The third-order valence-electron chi connectivity index (χ3n) is 12.1. The summed E-state index contributed by atoms with van der Waals surface area (Å²) >= 11 is 3.66. The van der Waals surface area contributed by atoms with Crippen molar-refractivity contribution >= 4 is 63.7 Å². The Bertz CT molecular complexity index is 1150. The molecule has 0 bridgehead atoms. The Kier molecular flexibility index (Phi) is 10.3. The van der Waals surface area contributed by atoms with E-state index in [1.807, 2.05) is 78.4 Å². The number of carbonyl (C=O) groups excluding carboxylic acids is 3. The van der Waals surface area contributed by atoms with E-state index < -0.39 is 82.3 Å². The minimum absolute atomic E-state index is 0.208. The lowest BCUT2D eigenvalue weighted by atomic mass is 9.57. The number of esters is 2. The van der Waals surface area contributed by atoms with Crippen LogP contribution in [-0.4, -0.2) is 77.3 Å². The van der Waals surface area contributed by atoms with Crippen molar-refractivity contribution in [3.05, 3.63) is 0 Å². The van der Waals surface area contributed by atoms with Gasteiger partial charge in [-0.05, 0) is 12.8 Å². The van der Waals surface area contributed by atoms with E-state index in [4.69, 9.17) is 25.1 Å². The third kappa shape index (κ3) is 4.56. The molecule has 1 heterocycles. The molecule has 13 atom stereocenters. The average Bonchev–Trinajstić information content (AvgIpc) is 3.85. The Morgan fingerprint density at radius 2 is 1.55 bits per heavy atom. The van der Waals surface area contributed by atoms with Crippen LogP contribution in [0.1, 0.15) is 82.1 Å². The number of Topliss-reactive ketones (excluding diaryl/α,β-unsaturated/α-hetero) is 1. The zero-order chi connectivity index (χ0) is 33.4. The van der Waals surface area contributed by atoms with Crippen LogP contribution in [0, 0.1) is 46.8 Å². The first-order valence-corrected chi connectivity index (χ1v) is 17.6. The van der Waals surface area contributed by atoms with Gasteiger partial charge in [0.25, 0.3) is 0 Å². The van der Waals surface area contributed by atoms with Crippen molar-refractivity contribution in [2.24, 2.45) is 46.8 Å². The maximum absolute atomic E-state index is 14.4. The Morgan fingerprint density at radius 3 is 2.00 bits per heavy atom. The third-order valence-corrected chi connectivity index (χ3v) is 13.4. The van der Waals surface area contributed by atoms with E-state index in [9.17, 15) is 19.5 Å². The monoisotopic (exact) mass is 848 g/mol. The van der Waals surface area contributed by atoms with Gasteiger partial charge >= 0.3 is 11.9 Å². The molecule has 10 nitrogen and oxygen atoms in total. The normalized spacial score (nSPS) is 44.8. The van der Waals surface area contributed by atoms with E-state index in [-0.39, 0.29) is 29.6 Å². The van der Waals surface area contributed by atoms with Crippen molar-refractivity contribution in [3.8, 4) is 0 Å². The molecule has 0 amide bonds. The minimum atomic E-state index is -1.60. The van der Waals surface area contributed by atoms with Gasteiger partial charge in [0, 0.05) is 42.1 Å². The highest BCUT2D eigenvalue weighted by Gasteiger charge is 2.93. The number of epoxide rings is 1. The SMILES string of the molecule is CCC(C)C(=O)OC1C(C)C2(OI)C(C3OC3(CO)C(OI)C(OC)(C(=O)C(C)C)C2C)C2C(C)(C)C12OC(=O)C(C)CC. The first kappa shape index (κ1) is 36.7. The Morgan fingerprint density at radius 1 is 0.977 bits per heavy atom. The zero-order valence-electron chi connectivity index (χ0n) is 27.8. The maximum atomic E-state index is 14.4. The summed E-state index contributed by atoms with van der Waals surface area (Å²) in [5, 5.41) is 11.0. The van der Waals surface area contributed by atoms with Crippen LogP contribution in [0.5, 0.6) is 0 Å². The summed E-state index contributed by atoms with van der Waals surface area (Å²) in [7, 11) is 1.48. The predicted octanol–water partition coefficient (Wildman–Crippen LogP) is 5.42. The lowest BCUT2D eigenvalue weighted by molar-refractivity contribution is -0.240. The van der Waals surface area contributed by atoms with Gasteiger partial charge in [-0.1, -0.05) is 69.2 Å². The summed E-state index contributed by atoms with van der Waals surface area (Å²) in [5.74, 6) is -4.30. The average molecular weight is 849 g/mol. The first-order chi connectivity index (χ1) is 20.5. The van der Waals surface area contributed by atoms with Crippen molar-refractivity contribution in [2.75, 3.05) is 13.7 Å². The van der Waals surface area contributed by atoms with Crippen molar-refractivity contribution < 1.29 is 44.6 Å². The molecular weight excluding hydrogens is 798 g/mol. The summed E-state index contributed by atoms with van der Waals surface area (Å²) in [6.45, 7) is 18.6. The molecule has 4 rings (SSSR count). The fourth-order valence-electron chi connectivity index (χ4n) is 9.04. The Hall–Kier alpha value is -0.130. The standard InChI is InChI=1S/C32H50I2O10/c1-12-16(5)25(37)40-23-18(7)30(44-34)19(8)31(39-11,22(36)15(3)4)27(43-33)29(14-35)24(41-29)20(30)21-28(9,10)32(21,23)42-26(38)17(6)13-2/h15-21,23-24,27,35H,12-14H2,1-11H3. The summed E-state index contributed by atoms with van der Waals surface area (Å²) in [4.78, 5) is 41.6. The first-order valence-electron chi connectivity index (χ1n) is 15.9. The second-order valence-electron chi connectivity index (χ2n) is 14.5. The Balaban J connectivity index is 2.04. The molecule has 4 aliphatic rings. The molecule has 13 unspecified atom stereocenters. The fourth-order valence-corrected chi connectivity index (χ4v) is 10.9. The molecule has 3 saturated carbocycles. The molecule has 3 aliphatic carbocycles. The number of carbonyl (C=O) groups is 3. The van der Waals surface area contributed by atoms with Gasteiger partial charge in [0.15, 0.2) is 17.0 Å². The van der Waals surface area contributed by atoms with Gasteiger partial charge in [0.05, 0.1) is 30.1 Å². The highest BCUT2D eigenvalue weighted by atomic mass is 127. The molecule has 0 radical (unpaired) electrons. The van der Waals surface area contributed by atoms with Gasteiger partial charge < -0.3 is 30.2 Å². The van der Waals surface area contributed by atoms with E-state index in [0.717, 1.165) is 0 Å². The van der Waals surface area contributed by atoms with Crippen molar-refractivity contribution in [3.63, 3.8) is 0 Å². The predicted molar refractivity (Wildman–Crippen MR) is 178 cm³/mol. The van der Waals surface area contributed by atoms with E-state index in [1.54, 1.807) is 36.9 Å². The molecule has 1 aliphatic heterocycles. The Labute approximate surface area is 290 Å². The number of aliphatic hydroxyl groups is 1. The van der Waals surface area contributed by atoms with Crippen LogP contribution in [0.15, 0.2) is 0 Å². The number of halogens is 2. The molecule has 4 fully saturated rings. The van der Waals surface area contributed by atoms with Crippen LogP contribution < -0.4 is 0 Å². The highest BCUT2D eigenvalue weighted by molar-refractivity contribution is 14.1. The number of methoxy groups -OCH3 is 1. The number of ketones is 1. The van der Waals surface area contributed by atoms with Crippen molar-refractivity contribution in [1.29, 1.82) is 0 Å². The fraction of sp³-hybridized carbons (Fsp3) is 0.906. The van der Waals surface area contributed by atoms with Gasteiger partial charge in [-0.2, -0.15) is 0 Å². The number of ether oxygens (including phenoxy) is 4. The van der Waals surface area contributed by atoms with Crippen molar-refractivity contribution in [2.45, 2.75) is 123 Å². The maximum Gasteiger partial charge on any atom is 0.309 e. The summed E-state index contributed by atoms with van der Waals surface area (Å²) in [6.07, 6.45) is -1.33. The van der Waals surface area contributed by atoms with Crippen molar-refractivity contribution in [1.82, 2.24) is 0 Å². The smallest absolute Gasteiger partial charge is 0.309 e. The number of hydrogen-bond acceptors (Lipinski definition) is 10. The second kappa shape index (κ2) is 12.4. The summed E-state index contributed by atoms with van der Waals surface area (Å²) < 4.78 is 38.6. The topological polar surface area (TPSA) is 130 Å². The number of fused-ring (bicyclic) bond motifs is 5. The lowest BCUT2D eigenvalue weighted by Crippen LogP contribution is -2.71. The number of rotatable bonds is 12. The molecule has 0 aromatic rings. The molecule has 44 heavy (non-hydrogen) atoms. The van der Waals surface area contributed by atoms with Crippen LogP contribution >= 0.6 is 46.0 Å². The lowest BCUT2D eigenvalue weighted by Gasteiger charge is -2.57. The van der Waals surface area contributed by atoms with E-state index >= 15 is 0 Å². The van der Waals surface area contributed by atoms with Crippen LogP contribution in [0.3, 0.4) is 0 Å². The molecule has 1 saturated heterocycles. The molecule has 252 valence electrons. The number of hydrogen-bond donors (Lipinski definition) is 1. The van der Waals surface area contributed by atoms with Crippen LogP contribution in [0.4, 0.5) is 0 Å². The number of aliphatic hydroxyl groups excluding tert-OH is 1. The minimum Gasteiger partial charge on any atom is -0.457 e. The van der Waals surface area contributed by atoms with Gasteiger partial charge in [-0.25, -0.2) is 0 Å². The molecular formula is C32H50I2O10. The second-order valence-corrected chi connectivity index (χ2v) is 15.4. The van der Waals surface area contributed by atoms with Crippen LogP contribution in [-0.2, 0) is 39.5 Å². The summed E-state index contributed by atoms with van der Waals surface area (Å²) in [6, 6.07) is 0. The molecule has 0 spiro atoms. The van der Waals surface area contributed by atoms with E-state index in [0.29, 0.717) is 12.8 Å². The van der Waals surface area contributed by atoms with Gasteiger partial charge in [-0.15, -0.1) is 0 Å². The van der Waals surface area contributed by atoms with E-state index in [2.05, 4.69) is 0 Å². The van der Waals surface area contributed by atoms with Crippen LogP contribution in [0.25, 0.3) is 0 Å². The highest BCUT2D eigenvalue weighted by Crippen LogP contribution is 2.80. The van der Waals surface area contributed by atoms with Gasteiger partial charge in [0.1, 0.15) is 63.8 Å². The van der Waals surface area contributed by atoms with Gasteiger partial charge in [0.2, 0.25) is 0 Å². The van der Waals surface area contributed by atoms with E-state index in [1.165, 1.54) is 7.11 Å². The molecule has 12 heteroatoms.